The summed E-state index contributed by atoms with van der Waals surface area (Å²) in [6, 6.07) is 0. The van der Waals surface area contributed by atoms with Crippen LogP contribution in [0.2, 0.25) is 0 Å². The molecular formula is C27H46O4. The smallest absolute Gasteiger partial charge is 0.333 e. The molecule has 2 aliphatic rings. The van der Waals surface area contributed by atoms with Gasteiger partial charge in [0, 0.05) is 5.57 Å². The van der Waals surface area contributed by atoms with E-state index < -0.39 is 6.29 Å². The quantitative estimate of drug-likeness (QED) is 0.163. The van der Waals surface area contributed by atoms with E-state index in [1.165, 1.54) is 51.4 Å². The molecule has 0 spiro atoms. The van der Waals surface area contributed by atoms with Crippen molar-refractivity contribution < 1.29 is 19.4 Å². The average Bonchev–Trinajstić information content (AvgIpc) is 2.75. The zero-order valence-corrected chi connectivity index (χ0v) is 20.3. The van der Waals surface area contributed by atoms with Crippen LogP contribution in [0.25, 0.3) is 0 Å². The Morgan fingerprint density at radius 3 is 2.13 bits per heavy atom. The number of aliphatic hydroxyl groups excluding tert-OH is 1. The van der Waals surface area contributed by atoms with E-state index >= 15 is 0 Å². The molecule has 0 bridgehead atoms. The van der Waals surface area contributed by atoms with Gasteiger partial charge in [-0.2, -0.15) is 0 Å². The number of aliphatic hydroxyl groups is 1. The first-order valence-electron chi connectivity index (χ1n) is 12.5. The Hall–Kier alpha value is -1.13. The highest BCUT2D eigenvalue weighted by Gasteiger charge is 2.38. The van der Waals surface area contributed by atoms with Crippen molar-refractivity contribution in [3.05, 3.63) is 24.3 Å². The van der Waals surface area contributed by atoms with E-state index in [9.17, 15) is 9.90 Å². The van der Waals surface area contributed by atoms with Gasteiger partial charge in [-0.1, -0.05) is 45.8 Å². The number of hydrogen-bond donors (Lipinski definition) is 1. The van der Waals surface area contributed by atoms with E-state index in [1.807, 2.05) is 0 Å². The summed E-state index contributed by atoms with van der Waals surface area (Å²) >= 11 is 0. The largest absolute Gasteiger partial charge is 0.462 e. The van der Waals surface area contributed by atoms with Gasteiger partial charge in [0.1, 0.15) is 0 Å². The Balaban J connectivity index is 1.88. The molecule has 0 heterocycles. The molecule has 1 N–H and O–H groups in total. The number of esters is 1. The number of rotatable bonds is 12. The third-order valence-electron chi connectivity index (χ3n) is 7.89. The number of carbonyl (C=O) groups is 1. The minimum atomic E-state index is -0.895. The van der Waals surface area contributed by atoms with Crippen LogP contribution in [0.4, 0.5) is 0 Å². The Morgan fingerprint density at radius 1 is 1.00 bits per heavy atom. The summed E-state index contributed by atoms with van der Waals surface area (Å²) in [7, 11) is 0. The average molecular weight is 435 g/mol. The van der Waals surface area contributed by atoms with Crippen LogP contribution >= 0.6 is 0 Å². The lowest BCUT2D eigenvalue weighted by molar-refractivity contribution is -0.140. The Labute approximate surface area is 190 Å². The first-order chi connectivity index (χ1) is 14.8. The van der Waals surface area contributed by atoms with Crippen LogP contribution in [0.3, 0.4) is 0 Å². The molecule has 178 valence electrons. The predicted molar refractivity (Wildman–Crippen MR) is 127 cm³/mol. The molecule has 2 saturated carbocycles. The molecule has 0 saturated heterocycles. The van der Waals surface area contributed by atoms with Gasteiger partial charge in [0.15, 0.2) is 6.29 Å². The lowest BCUT2D eigenvalue weighted by Crippen LogP contribution is -2.34. The standard InChI is InChI=1S/C27H46O4/c1-6-7-22-8-10-23(11-9-22)24-12-14-27(15-13-24,16-18-30-25(28)20(2)3)17-19-31-26(29)21(4)5/h22-25,28H,2,4,6-19H2,1,3,5H3. The fourth-order valence-electron chi connectivity index (χ4n) is 5.72. The highest BCUT2D eigenvalue weighted by atomic mass is 16.6. The van der Waals surface area contributed by atoms with Crippen molar-refractivity contribution in [3.8, 4) is 0 Å². The van der Waals surface area contributed by atoms with Crippen molar-refractivity contribution in [2.45, 2.75) is 104 Å². The van der Waals surface area contributed by atoms with Crippen LogP contribution in [0.1, 0.15) is 97.8 Å². The first kappa shape index (κ1) is 26.1. The maximum Gasteiger partial charge on any atom is 0.333 e. The molecule has 4 heteroatoms. The normalized spacial score (nSPS) is 29.9. The molecule has 4 nitrogen and oxygen atoms in total. The first-order valence-corrected chi connectivity index (χ1v) is 12.5. The van der Waals surface area contributed by atoms with Gasteiger partial charge in [-0.3, -0.25) is 0 Å². The van der Waals surface area contributed by atoms with E-state index in [2.05, 4.69) is 20.1 Å². The third kappa shape index (κ3) is 8.38. The summed E-state index contributed by atoms with van der Waals surface area (Å²) in [4.78, 5) is 11.8. The van der Waals surface area contributed by atoms with E-state index in [1.54, 1.807) is 13.8 Å². The maximum atomic E-state index is 11.8. The Bertz CT molecular complexity index is 580. The minimum Gasteiger partial charge on any atom is -0.462 e. The fourth-order valence-corrected chi connectivity index (χ4v) is 5.72. The van der Waals surface area contributed by atoms with Crippen LogP contribution in [-0.4, -0.2) is 30.6 Å². The lowest BCUT2D eigenvalue weighted by atomic mass is 9.62. The second-order valence-corrected chi connectivity index (χ2v) is 10.4. The topological polar surface area (TPSA) is 55.8 Å². The second kappa shape index (κ2) is 12.8. The van der Waals surface area contributed by atoms with Crippen LogP contribution < -0.4 is 0 Å². The summed E-state index contributed by atoms with van der Waals surface area (Å²) in [6.45, 7) is 14.1. The molecule has 0 aromatic carbocycles. The fraction of sp³-hybridized carbons (Fsp3) is 0.815. The monoisotopic (exact) mass is 434 g/mol. The van der Waals surface area contributed by atoms with E-state index in [4.69, 9.17) is 9.47 Å². The molecule has 31 heavy (non-hydrogen) atoms. The van der Waals surface area contributed by atoms with E-state index in [0.717, 1.165) is 43.4 Å². The summed E-state index contributed by atoms with van der Waals surface area (Å²) in [5.41, 5.74) is 1.20. The van der Waals surface area contributed by atoms with Gasteiger partial charge in [0.2, 0.25) is 0 Å². The zero-order valence-electron chi connectivity index (χ0n) is 20.3. The van der Waals surface area contributed by atoms with Crippen LogP contribution in [-0.2, 0) is 14.3 Å². The molecule has 2 fully saturated rings. The molecular weight excluding hydrogens is 388 g/mol. The molecule has 0 aromatic heterocycles. The summed E-state index contributed by atoms with van der Waals surface area (Å²) in [5, 5.41) is 9.92. The lowest BCUT2D eigenvalue weighted by Gasteiger charge is -2.44. The van der Waals surface area contributed by atoms with Gasteiger partial charge in [0.05, 0.1) is 13.2 Å². The van der Waals surface area contributed by atoms with Crippen LogP contribution in [0.15, 0.2) is 24.3 Å². The van der Waals surface area contributed by atoms with Crippen LogP contribution in [0, 0.1) is 23.2 Å². The molecule has 0 aromatic rings. The Morgan fingerprint density at radius 2 is 1.58 bits per heavy atom. The van der Waals surface area contributed by atoms with Gasteiger partial charge in [-0.05, 0) is 94.0 Å². The molecule has 2 rings (SSSR count). The molecule has 0 aliphatic heterocycles. The molecule has 0 amide bonds. The van der Waals surface area contributed by atoms with Crippen molar-refractivity contribution in [2.24, 2.45) is 23.2 Å². The number of hydrogen-bond acceptors (Lipinski definition) is 4. The van der Waals surface area contributed by atoms with Gasteiger partial charge in [-0.25, -0.2) is 4.79 Å². The van der Waals surface area contributed by atoms with Crippen LogP contribution in [0.5, 0.6) is 0 Å². The van der Waals surface area contributed by atoms with Gasteiger partial charge < -0.3 is 14.6 Å². The highest BCUT2D eigenvalue weighted by Crippen LogP contribution is 2.49. The van der Waals surface area contributed by atoms with Crippen molar-refractivity contribution in [3.63, 3.8) is 0 Å². The van der Waals surface area contributed by atoms with Crippen molar-refractivity contribution in [2.75, 3.05) is 13.2 Å². The molecule has 1 unspecified atom stereocenters. The van der Waals surface area contributed by atoms with Crippen molar-refractivity contribution in [1.82, 2.24) is 0 Å². The minimum absolute atomic E-state index is 0.125. The molecule has 1 atom stereocenters. The predicted octanol–water partition coefficient (Wildman–Crippen LogP) is 6.58. The number of carbonyl (C=O) groups excluding carboxylic acids is 1. The van der Waals surface area contributed by atoms with Gasteiger partial charge in [-0.15, -0.1) is 0 Å². The highest BCUT2D eigenvalue weighted by molar-refractivity contribution is 5.86. The van der Waals surface area contributed by atoms with Gasteiger partial charge in [0.25, 0.3) is 0 Å². The van der Waals surface area contributed by atoms with Crippen molar-refractivity contribution >= 4 is 5.97 Å². The Kier molecular flexibility index (Phi) is 10.8. The van der Waals surface area contributed by atoms with Crippen molar-refractivity contribution in [1.29, 1.82) is 0 Å². The van der Waals surface area contributed by atoms with E-state index in [-0.39, 0.29) is 11.4 Å². The maximum absolute atomic E-state index is 11.8. The van der Waals surface area contributed by atoms with Gasteiger partial charge >= 0.3 is 5.97 Å². The second-order valence-electron chi connectivity index (χ2n) is 10.4. The molecule has 2 aliphatic carbocycles. The number of ether oxygens (including phenoxy) is 2. The van der Waals surface area contributed by atoms with E-state index in [0.29, 0.717) is 24.4 Å². The summed E-state index contributed by atoms with van der Waals surface area (Å²) < 4.78 is 11.0. The molecule has 0 radical (unpaired) electrons. The summed E-state index contributed by atoms with van der Waals surface area (Å²) in [6.07, 6.45) is 14.1. The SMILES string of the molecule is C=C(C)C(=O)OCCC1(CCOC(O)C(=C)C)CCC(C2CCC(CCC)CC2)CC1. The third-order valence-corrected chi connectivity index (χ3v) is 7.89. The summed E-state index contributed by atoms with van der Waals surface area (Å²) in [5.74, 6) is 2.40. The zero-order chi connectivity index (χ0) is 22.9.